The van der Waals surface area contributed by atoms with E-state index in [1.165, 1.54) is 0 Å². The minimum Gasteiger partial charge on any atom is -0.494 e. The van der Waals surface area contributed by atoms with E-state index in [0.717, 1.165) is 39.2 Å². The third-order valence-electron chi connectivity index (χ3n) is 4.17. The number of ether oxygens (including phenoxy) is 2. The molecule has 0 spiro atoms. The van der Waals surface area contributed by atoms with Crippen LogP contribution in [0.15, 0.2) is 40.9 Å². The second-order valence-corrected chi connectivity index (χ2v) is 8.09. The third-order valence-corrected chi connectivity index (χ3v) is 4.63. The van der Waals surface area contributed by atoms with E-state index in [2.05, 4.69) is 35.1 Å². The van der Waals surface area contributed by atoms with Crippen molar-refractivity contribution in [3.63, 3.8) is 0 Å². The zero-order valence-corrected chi connectivity index (χ0v) is 18.2. The quantitative estimate of drug-likeness (QED) is 0.563. The average Bonchev–Trinajstić information content (AvgIpc) is 2.59. The Hall–Kier alpha value is -2.01. The molecule has 2 aromatic carbocycles. The fourth-order valence-electron chi connectivity index (χ4n) is 2.60. The molecule has 0 bridgehead atoms. The Kier molecular flexibility index (Phi) is 7.72. The summed E-state index contributed by atoms with van der Waals surface area (Å²) in [6, 6.07) is 11.4. The smallest absolute Gasteiger partial charge is 0.265 e. The molecule has 1 N–H and O–H groups in total. The maximum Gasteiger partial charge on any atom is 0.265 e. The second kappa shape index (κ2) is 9.79. The number of hydrogen-bond acceptors (Lipinski definition) is 3. The highest BCUT2D eigenvalue weighted by molar-refractivity contribution is 9.10. The summed E-state index contributed by atoms with van der Waals surface area (Å²) < 4.78 is 12.6. The van der Waals surface area contributed by atoms with Gasteiger partial charge in [-0.15, -0.1) is 0 Å². The highest BCUT2D eigenvalue weighted by Gasteiger charge is 2.17. The maximum atomic E-state index is 12.5. The summed E-state index contributed by atoms with van der Waals surface area (Å²) >= 11 is 3.47. The van der Waals surface area contributed by atoms with Crippen molar-refractivity contribution in [2.45, 2.75) is 47.1 Å². The van der Waals surface area contributed by atoms with Crippen molar-refractivity contribution in [1.82, 2.24) is 0 Å². The Morgan fingerprint density at radius 1 is 1.07 bits per heavy atom. The van der Waals surface area contributed by atoms with Gasteiger partial charge in [0.05, 0.1) is 6.61 Å². The number of anilines is 1. The van der Waals surface area contributed by atoms with Gasteiger partial charge < -0.3 is 14.8 Å². The highest BCUT2D eigenvalue weighted by Crippen LogP contribution is 2.28. The second-order valence-electron chi connectivity index (χ2n) is 7.17. The molecule has 1 atom stereocenters. The number of nitrogens with one attached hydrogen (secondary N) is 1. The van der Waals surface area contributed by atoms with Gasteiger partial charge in [0.15, 0.2) is 6.10 Å². The monoisotopic (exact) mass is 433 g/mol. The summed E-state index contributed by atoms with van der Waals surface area (Å²) in [7, 11) is 0. The Morgan fingerprint density at radius 2 is 1.67 bits per heavy atom. The average molecular weight is 434 g/mol. The van der Waals surface area contributed by atoms with Crippen LogP contribution in [0.3, 0.4) is 0 Å². The van der Waals surface area contributed by atoms with Crippen LogP contribution in [0.1, 0.15) is 38.3 Å². The van der Waals surface area contributed by atoms with Crippen molar-refractivity contribution in [3.05, 3.63) is 52.0 Å². The summed E-state index contributed by atoms with van der Waals surface area (Å²) in [5, 5.41) is 2.89. The minimum absolute atomic E-state index is 0.190. The molecule has 4 nitrogen and oxygen atoms in total. The summed E-state index contributed by atoms with van der Waals surface area (Å²) in [5.74, 6) is 1.97. The lowest BCUT2D eigenvalue weighted by molar-refractivity contribution is -0.122. The zero-order chi connectivity index (χ0) is 20.0. The first-order chi connectivity index (χ1) is 12.8. The Labute approximate surface area is 170 Å². The van der Waals surface area contributed by atoms with Gasteiger partial charge in [-0.2, -0.15) is 0 Å². The van der Waals surface area contributed by atoms with Crippen molar-refractivity contribution in [2.24, 2.45) is 5.92 Å². The summed E-state index contributed by atoms with van der Waals surface area (Å²) in [6.07, 6.45) is 0.410. The van der Waals surface area contributed by atoms with E-state index in [1.807, 2.05) is 50.2 Å². The summed E-state index contributed by atoms with van der Waals surface area (Å²) in [5.41, 5.74) is 2.70. The predicted molar refractivity (Wildman–Crippen MR) is 114 cm³/mol. The van der Waals surface area contributed by atoms with Crippen LogP contribution in [0.5, 0.6) is 11.5 Å². The number of carbonyl (C=O) groups excluding carboxylic acids is 1. The molecular formula is C22H28BrNO3. The zero-order valence-electron chi connectivity index (χ0n) is 16.6. The molecule has 0 aliphatic carbocycles. The lowest BCUT2D eigenvalue weighted by Gasteiger charge is -2.18. The molecule has 5 heteroatoms. The predicted octanol–water partition coefficient (Wildman–Crippen LogP) is 5.90. The van der Waals surface area contributed by atoms with E-state index < -0.39 is 6.10 Å². The fraction of sp³-hybridized carbons (Fsp3) is 0.409. The standard InChI is InChI=1S/C22H28BrNO3/c1-14(2)10-11-26-20-8-6-19(7-9-20)24-22(25)17(5)27-21-15(3)12-18(23)13-16(21)4/h6-9,12-14,17H,10-11H2,1-5H3,(H,24,25). The first-order valence-corrected chi connectivity index (χ1v) is 10.0. The van der Waals surface area contributed by atoms with Gasteiger partial charge in [-0.25, -0.2) is 0 Å². The van der Waals surface area contributed by atoms with E-state index in [0.29, 0.717) is 12.5 Å². The van der Waals surface area contributed by atoms with Crippen molar-refractivity contribution >= 4 is 27.5 Å². The number of aryl methyl sites for hydroxylation is 2. The molecular weight excluding hydrogens is 406 g/mol. The molecule has 146 valence electrons. The topological polar surface area (TPSA) is 47.6 Å². The largest absolute Gasteiger partial charge is 0.494 e. The molecule has 27 heavy (non-hydrogen) atoms. The molecule has 0 aromatic heterocycles. The number of amides is 1. The van der Waals surface area contributed by atoms with Crippen LogP contribution in [0.2, 0.25) is 0 Å². The van der Waals surface area contributed by atoms with Crippen LogP contribution in [0, 0.1) is 19.8 Å². The van der Waals surface area contributed by atoms with Gasteiger partial charge in [-0.3, -0.25) is 4.79 Å². The SMILES string of the molecule is Cc1cc(Br)cc(C)c1OC(C)C(=O)Nc1ccc(OCCC(C)C)cc1. The summed E-state index contributed by atoms with van der Waals surface area (Å²) in [4.78, 5) is 12.5. The first-order valence-electron chi connectivity index (χ1n) is 9.23. The number of hydrogen-bond donors (Lipinski definition) is 1. The van der Waals surface area contributed by atoms with Crippen LogP contribution >= 0.6 is 15.9 Å². The molecule has 0 radical (unpaired) electrons. The van der Waals surface area contributed by atoms with Gasteiger partial charge in [0.2, 0.25) is 0 Å². The number of carbonyl (C=O) groups is 1. The van der Waals surface area contributed by atoms with Crippen LogP contribution in [0.4, 0.5) is 5.69 Å². The van der Waals surface area contributed by atoms with Gasteiger partial charge in [0, 0.05) is 10.2 Å². The fourth-order valence-corrected chi connectivity index (χ4v) is 3.29. The van der Waals surface area contributed by atoms with E-state index in [-0.39, 0.29) is 5.91 Å². The molecule has 0 saturated heterocycles. The third kappa shape index (κ3) is 6.58. The Bertz CT molecular complexity index is 749. The van der Waals surface area contributed by atoms with Crippen molar-refractivity contribution < 1.29 is 14.3 Å². The van der Waals surface area contributed by atoms with Crippen molar-refractivity contribution in [2.75, 3.05) is 11.9 Å². The van der Waals surface area contributed by atoms with E-state index in [9.17, 15) is 4.79 Å². The van der Waals surface area contributed by atoms with Gasteiger partial charge in [-0.05, 0) is 80.6 Å². The molecule has 0 fully saturated rings. The van der Waals surface area contributed by atoms with Crippen molar-refractivity contribution in [1.29, 1.82) is 0 Å². The molecule has 2 aromatic rings. The maximum absolute atomic E-state index is 12.5. The molecule has 0 heterocycles. The normalized spacial score (nSPS) is 12.0. The molecule has 0 aliphatic heterocycles. The van der Waals surface area contributed by atoms with Crippen molar-refractivity contribution in [3.8, 4) is 11.5 Å². The van der Waals surface area contributed by atoms with Crippen LogP contribution in [0.25, 0.3) is 0 Å². The van der Waals surface area contributed by atoms with E-state index >= 15 is 0 Å². The highest BCUT2D eigenvalue weighted by atomic mass is 79.9. The molecule has 1 unspecified atom stereocenters. The Morgan fingerprint density at radius 3 is 2.22 bits per heavy atom. The number of rotatable bonds is 8. The number of benzene rings is 2. The molecule has 0 aliphatic rings. The lowest BCUT2D eigenvalue weighted by atomic mass is 10.1. The minimum atomic E-state index is -0.606. The molecule has 0 saturated carbocycles. The van der Waals surface area contributed by atoms with Crippen LogP contribution in [-0.4, -0.2) is 18.6 Å². The van der Waals surface area contributed by atoms with Gasteiger partial charge in [-0.1, -0.05) is 29.8 Å². The van der Waals surface area contributed by atoms with Crippen LogP contribution < -0.4 is 14.8 Å². The Balaban J connectivity index is 1.92. The molecule has 1 amide bonds. The first kappa shape index (κ1) is 21.3. The molecule has 2 rings (SSSR count). The van der Waals surface area contributed by atoms with Gasteiger partial charge in [0.25, 0.3) is 5.91 Å². The lowest BCUT2D eigenvalue weighted by Crippen LogP contribution is -2.30. The number of halogens is 1. The van der Waals surface area contributed by atoms with E-state index in [4.69, 9.17) is 9.47 Å². The van der Waals surface area contributed by atoms with Crippen LogP contribution in [-0.2, 0) is 4.79 Å². The van der Waals surface area contributed by atoms with Gasteiger partial charge in [0.1, 0.15) is 11.5 Å². The van der Waals surface area contributed by atoms with E-state index in [1.54, 1.807) is 6.92 Å². The van der Waals surface area contributed by atoms with Gasteiger partial charge >= 0.3 is 0 Å². The summed E-state index contributed by atoms with van der Waals surface area (Å²) in [6.45, 7) is 10.7.